The van der Waals surface area contributed by atoms with Crippen molar-refractivity contribution >= 4 is 10.9 Å². The van der Waals surface area contributed by atoms with Crippen molar-refractivity contribution in [2.24, 2.45) is 5.92 Å². The summed E-state index contributed by atoms with van der Waals surface area (Å²) in [4.78, 5) is 4.69. The summed E-state index contributed by atoms with van der Waals surface area (Å²) in [5.41, 5.74) is 2.04. The molecule has 1 N–H and O–H groups in total. The van der Waals surface area contributed by atoms with Gasteiger partial charge >= 0.3 is 0 Å². The fraction of sp³-hybridized carbons (Fsp3) is 0.471. The molecule has 0 spiro atoms. The molecule has 3 nitrogen and oxygen atoms in total. The van der Waals surface area contributed by atoms with Gasteiger partial charge in [0.25, 0.3) is 0 Å². The molecule has 0 atom stereocenters. The number of rotatable bonds is 7. The highest BCUT2D eigenvalue weighted by atomic mass is 16.5. The standard InChI is InChI=1S/C17H24N2O/c1-4-9-18-11-14-10-17(20-12-13(2)3)15-7-5-6-8-16(15)19-14/h5-8,10,13,18H,4,9,11-12H2,1-3H3. The van der Waals surface area contributed by atoms with Gasteiger partial charge < -0.3 is 10.1 Å². The van der Waals surface area contributed by atoms with Crippen molar-refractivity contribution in [1.82, 2.24) is 10.3 Å². The average molecular weight is 272 g/mol. The molecule has 1 aromatic carbocycles. The minimum atomic E-state index is 0.517. The first-order valence-corrected chi connectivity index (χ1v) is 7.43. The van der Waals surface area contributed by atoms with Crippen LogP contribution in [0.3, 0.4) is 0 Å². The SMILES string of the molecule is CCCNCc1cc(OCC(C)C)c2ccccc2n1. The first kappa shape index (κ1) is 14.8. The van der Waals surface area contributed by atoms with Crippen molar-refractivity contribution in [3.8, 4) is 5.75 Å². The fourth-order valence-corrected chi connectivity index (χ4v) is 2.06. The third-order valence-electron chi connectivity index (χ3n) is 3.04. The number of nitrogens with one attached hydrogen (secondary N) is 1. The Balaban J connectivity index is 2.26. The lowest BCUT2D eigenvalue weighted by molar-refractivity contribution is 0.273. The van der Waals surface area contributed by atoms with Gasteiger partial charge in [0.15, 0.2) is 0 Å². The van der Waals surface area contributed by atoms with Crippen LogP contribution in [0, 0.1) is 5.92 Å². The molecule has 2 aromatic rings. The summed E-state index contributed by atoms with van der Waals surface area (Å²) in [5.74, 6) is 1.46. The molecule has 3 heteroatoms. The van der Waals surface area contributed by atoms with Gasteiger partial charge in [0.05, 0.1) is 17.8 Å². The van der Waals surface area contributed by atoms with Gasteiger partial charge in [-0.05, 0) is 31.0 Å². The molecule has 0 aliphatic rings. The summed E-state index contributed by atoms with van der Waals surface area (Å²) in [6.07, 6.45) is 1.13. The average Bonchev–Trinajstić information content (AvgIpc) is 2.45. The molecule has 0 aliphatic heterocycles. The van der Waals surface area contributed by atoms with Gasteiger partial charge in [0, 0.05) is 18.0 Å². The lowest BCUT2D eigenvalue weighted by Crippen LogP contribution is -2.15. The Morgan fingerprint density at radius 2 is 2.05 bits per heavy atom. The Labute approximate surface area is 121 Å². The molecule has 0 aliphatic carbocycles. The van der Waals surface area contributed by atoms with E-state index < -0.39 is 0 Å². The molecule has 2 rings (SSSR count). The molecule has 0 fully saturated rings. The van der Waals surface area contributed by atoms with E-state index in [9.17, 15) is 0 Å². The number of aromatic nitrogens is 1. The zero-order valence-electron chi connectivity index (χ0n) is 12.6. The van der Waals surface area contributed by atoms with Gasteiger partial charge in [-0.2, -0.15) is 0 Å². The van der Waals surface area contributed by atoms with Crippen LogP contribution in [-0.4, -0.2) is 18.1 Å². The molecular weight excluding hydrogens is 248 g/mol. The molecule has 0 radical (unpaired) electrons. The van der Waals surface area contributed by atoms with Crippen LogP contribution in [0.2, 0.25) is 0 Å². The Morgan fingerprint density at radius 1 is 1.25 bits per heavy atom. The first-order chi connectivity index (χ1) is 9.70. The van der Waals surface area contributed by atoms with Crippen molar-refractivity contribution in [2.45, 2.75) is 33.7 Å². The molecule has 0 saturated heterocycles. The summed E-state index contributed by atoms with van der Waals surface area (Å²) in [6, 6.07) is 10.2. The van der Waals surface area contributed by atoms with Crippen molar-refractivity contribution in [3.63, 3.8) is 0 Å². The predicted octanol–water partition coefficient (Wildman–Crippen LogP) is 3.77. The zero-order chi connectivity index (χ0) is 14.4. The van der Waals surface area contributed by atoms with E-state index in [1.165, 1.54) is 0 Å². The molecular formula is C17H24N2O. The molecule has 1 heterocycles. The molecule has 0 bridgehead atoms. The second-order valence-corrected chi connectivity index (χ2v) is 5.51. The number of ether oxygens (including phenoxy) is 1. The van der Waals surface area contributed by atoms with Gasteiger partial charge in [-0.15, -0.1) is 0 Å². The van der Waals surface area contributed by atoms with Crippen LogP contribution < -0.4 is 10.1 Å². The van der Waals surface area contributed by atoms with Crippen molar-refractivity contribution in [1.29, 1.82) is 0 Å². The maximum atomic E-state index is 5.96. The van der Waals surface area contributed by atoms with Crippen LogP contribution in [-0.2, 0) is 6.54 Å². The molecule has 0 unspecified atom stereocenters. The van der Waals surface area contributed by atoms with Crippen molar-refractivity contribution in [2.75, 3.05) is 13.2 Å². The summed E-state index contributed by atoms with van der Waals surface area (Å²) < 4.78 is 5.96. The molecule has 108 valence electrons. The van der Waals surface area contributed by atoms with Crippen LogP contribution in [0.15, 0.2) is 30.3 Å². The molecule has 20 heavy (non-hydrogen) atoms. The van der Waals surface area contributed by atoms with E-state index in [1.807, 2.05) is 18.2 Å². The maximum absolute atomic E-state index is 5.96. The normalized spacial score (nSPS) is 11.2. The van der Waals surface area contributed by atoms with Gasteiger partial charge in [-0.1, -0.05) is 32.9 Å². The first-order valence-electron chi connectivity index (χ1n) is 7.43. The van der Waals surface area contributed by atoms with Crippen LogP contribution >= 0.6 is 0 Å². The number of hydrogen-bond acceptors (Lipinski definition) is 3. The van der Waals surface area contributed by atoms with E-state index in [4.69, 9.17) is 9.72 Å². The monoisotopic (exact) mass is 272 g/mol. The van der Waals surface area contributed by atoms with E-state index in [0.29, 0.717) is 5.92 Å². The quantitative estimate of drug-likeness (QED) is 0.779. The second kappa shape index (κ2) is 7.25. The topological polar surface area (TPSA) is 34.1 Å². The van der Waals surface area contributed by atoms with Gasteiger partial charge in [0.1, 0.15) is 5.75 Å². The van der Waals surface area contributed by atoms with E-state index in [2.05, 4.69) is 38.2 Å². The number of benzene rings is 1. The third-order valence-corrected chi connectivity index (χ3v) is 3.04. The van der Waals surface area contributed by atoms with Crippen molar-refractivity contribution in [3.05, 3.63) is 36.0 Å². The number of pyridine rings is 1. The van der Waals surface area contributed by atoms with Crippen LogP contribution in [0.4, 0.5) is 0 Å². The molecule has 0 saturated carbocycles. The Hall–Kier alpha value is -1.61. The summed E-state index contributed by atoms with van der Waals surface area (Å²) in [7, 11) is 0. The third kappa shape index (κ3) is 3.94. The molecule has 1 aromatic heterocycles. The minimum Gasteiger partial charge on any atom is -0.493 e. The predicted molar refractivity (Wildman–Crippen MR) is 84.1 cm³/mol. The Morgan fingerprint density at radius 3 is 2.80 bits per heavy atom. The minimum absolute atomic E-state index is 0.517. The second-order valence-electron chi connectivity index (χ2n) is 5.51. The Bertz CT molecular complexity index is 552. The fourth-order valence-electron chi connectivity index (χ4n) is 2.06. The maximum Gasteiger partial charge on any atom is 0.130 e. The van der Waals surface area contributed by atoms with E-state index in [0.717, 1.165) is 48.5 Å². The number of para-hydroxylation sites is 1. The van der Waals surface area contributed by atoms with E-state index >= 15 is 0 Å². The van der Waals surface area contributed by atoms with Crippen LogP contribution in [0.5, 0.6) is 5.75 Å². The van der Waals surface area contributed by atoms with Crippen molar-refractivity contribution < 1.29 is 4.74 Å². The summed E-state index contributed by atoms with van der Waals surface area (Å²) >= 11 is 0. The molecule has 0 amide bonds. The highest BCUT2D eigenvalue weighted by Gasteiger charge is 2.07. The number of fused-ring (bicyclic) bond motifs is 1. The Kier molecular flexibility index (Phi) is 5.36. The lowest BCUT2D eigenvalue weighted by atomic mass is 10.1. The largest absolute Gasteiger partial charge is 0.493 e. The van der Waals surface area contributed by atoms with Gasteiger partial charge in [0.2, 0.25) is 0 Å². The highest BCUT2D eigenvalue weighted by Crippen LogP contribution is 2.25. The summed E-state index contributed by atoms with van der Waals surface area (Å²) in [6.45, 7) is 9.02. The van der Waals surface area contributed by atoms with E-state index in [1.54, 1.807) is 0 Å². The number of nitrogens with zero attached hydrogens (tertiary/aromatic N) is 1. The van der Waals surface area contributed by atoms with Gasteiger partial charge in [-0.25, -0.2) is 0 Å². The number of hydrogen-bond donors (Lipinski definition) is 1. The lowest BCUT2D eigenvalue weighted by Gasteiger charge is -2.13. The zero-order valence-corrected chi connectivity index (χ0v) is 12.6. The smallest absolute Gasteiger partial charge is 0.130 e. The highest BCUT2D eigenvalue weighted by molar-refractivity contribution is 5.85. The van der Waals surface area contributed by atoms with E-state index in [-0.39, 0.29) is 0 Å². The van der Waals surface area contributed by atoms with Gasteiger partial charge in [-0.3, -0.25) is 4.98 Å². The summed E-state index contributed by atoms with van der Waals surface area (Å²) in [5, 5.41) is 4.48. The van der Waals surface area contributed by atoms with Crippen LogP contribution in [0.1, 0.15) is 32.9 Å². The van der Waals surface area contributed by atoms with Crippen LogP contribution in [0.25, 0.3) is 10.9 Å².